The quantitative estimate of drug-likeness (QED) is 0.459. The predicted molar refractivity (Wildman–Crippen MR) is 109 cm³/mol. The predicted octanol–water partition coefficient (Wildman–Crippen LogP) is 4.41. The molecule has 0 saturated heterocycles. The van der Waals surface area contributed by atoms with E-state index in [0.29, 0.717) is 27.8 Å². The first-order chi connectivity index (χ1) is 14.0. The molecule has 1 N–H and O–H groups in total. The first kappa shape index (κ1) is 20.7. The summed E-state index contributed by atoms with van der Waals surface area (Å²) in [6.45, 7) is 0.0723. The van der Waals surface area contributed by atoms with E-state index in [1.54, 1.807) is 24.5 Å². The van der Waals surface area contributed by atoms with Gasteiger partial charge in [0.1, 0.15) is 24.1 Å². The molecule has 0 unspecified atom stereocenters. The number of halogens is 2. The van der Waals surface area contributed by atoms with Crippen LogP contribution in [0.5, 0.6) is 11.5 Å². The van der Waals surface area contributed by atoms with E-state index in [4.69, 9.17) is 21.1 Å². The number of nitrogens with one attached hydrogen (secondary N) is 1. The van der Waals surface area contributed by atoms with Crippen molar-refractivity contribution in [3.05, 3.63) is 68.7 Å². The van der Waals surface area contributed by atoms with Crippen LogP contribution in [-0.2, 0) is 6.61 Å². The van der Waals surface area contributed by atoms with Gasteiger partial charge >= 0.3 is 0 Å². The van der Waals surface area contributed by atoms with E-state index in [1.165, 1.54) is 37.1 Å². The molecule has 0 aliphatic rings. The van der Waals surface area contributed by atoms with Gasteiger partial charge in [-0.25, -0.2) is 9.37 Å². The minimum Gasteiger partial charge on any atom is -0.493 e. The van der Waals surface area contributed by atoms with Crippen molar-refractivity contribution in [1.29, 1.82) is 5.26 Å². The van der Waals surface area contributed by atoms with Crippen molar-refractivity contribution in [1.82, 2.24) is 9.97 Å². The maximum Gasteiger partial charge on any atom is 0.270 e. The van der Waals surface area contributed by atoms with Gasteiger partial charge in [-0.15, -0.1) is 0 Å². The zero-order valence-corrected chi connectivity index (χ0v) is 17.0. The van der Waals surface area contributed by atoms with Gasteiger partial charge < -0.3 is 14.5 Å². The zero-order valence-electron chi connectivity index (χ0n) is 15.5. The van der Waals surface area contributed by atoms with Gasteiger partial charge in [0, 0.05) is 11.1 Å². The number of nitriles is 1. The van der Waals surface area contributed by atoms with E-state index in [-0.39, 0.29) is 22.9 Å². The Labute approximate surface area is 175 Å². The summed E-state index contributed by atoms with van der Waals surface area (Å²) in [5.41, 5.74) is 0.743. The molecule has 0 radical (unpaired) electrons. The molecule has 0 spiro atoms. The molecule has 3 rings (SSSR count). The molecule has 0 aliphatic carbocycles. The molecule has 1 heterocycles. The number of rotatable bonds is 6. The van der Waals surface area contributed by atoms with Crippen LogP contribution < -0.4 is 15.0 Å². The summed E-state index contributed by atoms with van der Waals surface area (Å²) in [6.07, 6.45) is 1.77. The van der Waals surface area contributed by atoms with Gasteiger partial charge in [-0.3, -0.25) is 4.79 Å². The van der Waals surface area contributed by atoms with Crippen molar-refractivity contribution >= 4 is 23.4 Å². The molecule has 29 heavy (non-hydrogen) atoms. The Morgan fingerprint density at radius 1 is 1.28 bits per heavy atom. The van der Waals surface area contributed by atoms with E-state index in [1.807, 2.05) is 6.07 Å². The Balaban J connectivity index is 2.01. The highest BCUT2D eigenvalue weighted by molar-refractivity contribution is 7.98. The molecule has 3 aromatic rings. The molecule has 0 aliphatic heterocycles. The molecule has 0 atom stereocenters. The van der Waals surface area contributed by atoms with E-state index in [2.05, 4.69) is 9.97 Å². The van der Waals surface area contributed by atoms with Crippen molar-refractivity contribution in [2.24, 2.45) is 0 Å². The SMILES string of the molecule is COc1ccc(-c2nc(SC)[nH]c(=O)c2C#N)cc1OCc1ccc(F)cc1Cl. The average molecular weight is 432 g/mol. The normalized spacial score (nSPS) is 10.4. The fourth-order valence-corrected chi connectivity index (χ4v) is 3.19. The van der Waals surface area contributed by atoms with Gasteiger partial charge in [-0.05, 0) is 36.6 Å². The Morgan fingerprint density at radius 3 is 2.72 bits per heavy atom. The summed E-state index contributed by atoms with van der Waals surface area (Å²) in [4.78, 5) is 19.1. The summed E-state index contributed by atoms with van der Waals surface area (Å²) < 4.78 is 24.4. The molecule has 1 aromatic heterocycles. The third kappa shape index (κ3) is 4.53. The number of aromatic amines is 1. The Bertz CT molecular complexity index is 1160. The topological polar surface area (TPSA) is 88.0 Å². The summed E-state index contributed by atoms with van der Waals surface area (Å²) in [5.74, 6) is 0.370. The summed E-state index contributed by atoms with van der Waals surface area (Å²) >= 11 is 7.30. The lowest BCUT2D eigenvalue weighted by atomic mass is 10.1. The smallest absolute Gasteiger partial charge is 0.270 e. The first-order valence-electron chi connectivity index (χ1n) is 8.30. The van der Waals surface area contributed by atoms with Gasteiger partial charge in [-0.2, -0.15) is 5.26 Å². The molecule has 2 aromatic carbocycles. The molecule has 0 saturated carbocycles. The lowest BCUT2D eigenvalue weighted by Crippen LogP contribution is -2.14. The van der Waals surface area contributed by atoms with Crippen molar-refractivity contribution in [3.63, 3.8) is 0 Å². The van der Waals surface area contributed by atoms with Gasteiger partial charge in [-0.1, -0.05) is 29.4 Å². The molecular formula is C20H15ClFN3O3S. The number of hydrogen-bond donors (Lipinski definition) is 1. The highest BCUT2D eigenvalue weighted by atomic mass is 35.5. The van der Waals surface area contributed by atoms with Crippen molar-refractivity contribution in [3.8, 4) is 28.8 Å². The van der Waals surface area contributed by atoms with Crippen LogP contribution in [0.25, 0.3) is 11.3 Å². The second-order valence-electron chi connectivity index (χ2n) is 5.80. The molecule has 0 amide bonds. The number of methoxy groups -OCH3 is 1. The van der Waals surface area contributed by atoms with Gasteiger partial charge in [0.15, 0.2) is 16.7 Å². The Hall–Kier alpha value is -3.02. The Kier molecular flexibility index (Phi) is 6.42. The van der Waals surface area contributed by atoms with Crippen molar-refractivity contribution in [2.45, 2.75) is 11.8 Å². The minimum atomic E-state index is -0.516. The highest BCUT2D eigenvalue weighted by Gasteiger charge is 2.16. The van der Waals surface area contributed by atoms with Crippen LogP contribution in [0, 0.1) is 17.1 Å². The summed E-state index contributed by atoms with van der Waals surface area (Å²) in [7, 11) is 1.49. The average Bonchev–Trinajstić information content (AvgIpc) is 2.72. The number of H-pyrrole nitrogens is 1. The van der Waals surface area contributed by atoms with Crippen LogP contribution in [0.2, 0.25) is 5.02 Å². The van der Waals surface area contributed by atoms with E-state index < -0.39 is 11.4 Å². The fourth-order valence-electron chi connectivity index (χ4n) is 2.59. The second-order valence-corrected chi connectivity index (χ2v) is 7.00. The number of hydrogen-bond acceptors (Lipinski definition) is 6. The van der Waals surface area contributed by atoms with Crippen LogP contribution in [-0.4, -0.2) is 23.3 Å². The van der Waals surface area contributed by atoms with Crippen LogP contribution in [0.3, 0.4) is 0 Å². The fraction of sp³-hybridized carbons (Fsp3) is 0.150. The van der Waals surface area contributed by atoms with Gasteiger partial charge in [0.25, 0.3) is 5.56 Å². The number of ether oxygens (including phenoxy) is 2. The number of nitrogens with zero attached hydrogens (tertiary/aromatic N) is 2. The largest absolute Gasteiger partial charge is 0.493 e. The van der Waals surface area contributed by atoms with Crippen molar-refractivity contribution < 1.29 is 13.9 Å². The van der Waals surface area contributed by atoms with Gasteiger partial charge in [0.05, 0.1) is 17.8 Å². The monoisotopic (exact) mass is 431 g/mol. The number of benzene rings is 2. The second kappa shape index (κ2) is 8.99. The number of aromatic nitrogens is 2. The lowest BCUT2D eigenvalue weighted by Gasteiger charge is -2.13. The molecule has 0 fully saturated rings. The molecule has 9 heteroatoms. The van der Waals surface area contributed by atoms with E-state index >= 15 is 0 Å². The van der Waals surface area contributed by atoms with Crippen LogP contribution in [0.4, 0.5) is 4.39 Å². The maximum atomic E-state index is 13.2. The Morgan fingerprint density at radius 2 is 2.07 bits per heavy atom. The minimum absolute atomic E-state index is 0.0723. The lowest BCUT2D eigenvalue weighted by molar-refractivity contribution is 0.284. The van der Waals surface area contributed by atoms with Crippen LogP contribution in [0.1, 0.15) is 11.1 Å². The third-order valence-electron chi connectivity index (χ3n) is 4.04. The first-order valence-corrected chi connectivity index (χ1v) is 9.90. The van der Waals surface area contributed by atoms with Crippen LogP contribution in [0.15, 0.2) is 46.3 Å². The van der Waals surface area contributed by atoms with E-state index in [9.17, 15) is 14.4 Å². The molecular weight excluding hydrogens is 417 g/mol. The maximum absolute atomic E-state index is 13.2. The molecule has 0 bridgehead atoms. The zero-order chi connectivity index (χ0) is 21.0. The summed E-state index contributed by atoms with van der Waals surface area (Å²) in [5, 5.41) is 10.0. The van der Waals surface area contributed by atoms with E-state index in [0.717, 1.165) is 0 Å². The van der Waals surface area contributed by atoms with Gasteiger partial charge in [0.2, 0.25) is 0 Å². The van der Waals surface area contributed by atoms with Crippen LogP contribution >= 0.6 is 23.4 Å². The standard InChI is InChI=1S/C20H15ClFN3O3S/c1-27-16-6-4-11(18-14(9-23)19(26)25-20(24-18)29-2)7-17(16)28-10-12-3-5-13(22)8-15(12)21/h3-8H,10H2,1-2H3,(H,24,25,26). The third-order valence-corrected chi connectivity index (χ3v) is 4.97. The molecule has 148 valence electrons. The number of thioether (sulfide) groups is 1. The summed E-state index contributed by atoms with van der Waals surface area (Å²) in [6, 6.07) is 10.9. The molecule has 6 nitrogen and oxygen atoms in total. The highest BCUT2D eigenvalue weighted by Crippen LogP contribution is 2.34. The van der Waals surface area contributed by atoms with Crippen molar-refractivity contribution in [2.75, 3.05) is 13.4 Å².